The molecule has 0 aromatic heterocycles. The molecule has 0 unspecified atom stereocenters. The van der Waals surface area contributed by atoms with Gasteiger partial charge in [-0.15, -0.1) is 0 Å². The molecule has 0 radical (unpaired) electrons. The van der Waals surface area contributed by atoms with Crippen molar-refractivity contribution in [2.75, 3.05) is 5.32 Å². The van der Waals surface area contributed by atoms with Crippen molar-refractivity contribution in [2.45, 2.75) is 13.2 Å². The first-order valence-electron chi connectivity index (χ1n) is 7.55. The number of benzene rings is 3. The predicted molar refractivity (Wildman–Crippen MR) is 90.9 cm³/mol. The van der Waals surface area contributed by atoms with Crippen LogP contribution < -0.4 is 10.1 Å². The summed E-state index contributed by atoms with van der Waals surface area (Å²) in [7, 11) is 0. The van der Waals surface area contributed by atoms with Crippen LogP contribution in [-0.4, -0.2) is 0 Å². The van der Waals surface area contributed by atoms with E-state index in [2.05, 4.69) is 5.32 Å². The summed E-state index contributed by atoms with van der Waals surface area (Å²) < 4.78 is 19.4. The first kappa shape index (κ1) is 15.1. The van der Waals surface area contributed by atoms with E-state index in [1.165, 1.54) is 6.07 Å². The van der Waals surface area contributed by atoms with Crippen LogP contribution in [0.1, 0.15) is 11.1 Å². The minimum atomic E-state index is -0.246. The largest absolute Gasteiger partial charge is 0.489 e. The van der Waals surface area contributed by atoms with E-state index in [1.807, 2.05) is 60.7 Å². The van der Waals surface area contributed by atoms with Gasteiger partial charge in [-0.05, 0) is 35.4 Å². The molecule has 3 heteroatoms. The lowest BCUT2D eigenvalue weighted by atomic mass is 10.2. The summed E-state index contributed by atoms with van der Waals surface area (Å²) in [5.41, 5.74) is 2.67. The Hall–Kier alpha value is -2.81. The summed E-state index contributed by atoms with van der Waals surface area (Å²) in [6, 6.07) is 24.5. The van der Waals surface area contributed by atoms with Crippen LogP contribution in [0.25, 0.3) is 0 Å². The van der Waals surface area contributed by atoms with Crippen molar-refractivity contribution in [3.8, 4) is 5.75 Å². The van der Waals surface area contributed by atoms with E-state index in [9.17, 15) is 4.39 Å². The molecule has 0 aliphatic carbocycles. The normalized spacial score (nSPS) is 10.3. The molecule has 1 N–H and O–H groups in total. The van der Waals surface area contributed by atoms with Crippen LogP contribution in [0.2, 0.25) is 0 Å². The summed E-state index contributed by atoms with van der Waals surface area (Å²) in [5, 5.41) is 3.10. The molecule has 3 aromatic rings. The monoisotopic (exact) mass is 307 g/mol. The van der Waals surface area contributed by atoms with Crippen molar-refractivity contribution in [3.63, 3.8) is 0 Å². The lowest BCUT2D eigenvalue weighted by Gasteiger charge is -2.10. The molecule has 0 fully saturated rings. The van der Waals surface area contributed by atoms with Gasteiger partial charge in [0.25, 0.3) is 0 Å². The molecule has 0 aliphatic rings. The van der Waals surface area contributed by atoms with Gasteiger partial charge < -0.3 is 10.1 Å². The minimum absolute atomic E-state index is 0.246. The summed E-state index contributed by atoms with van der Waals surface area (Å²) >= 11 is 0. The summed E-state index contributed by atoms with van der Waals surface area (Å²) in [5.74, 6) is 0.561. The molecule has 0 bridgehead atoms. The Balaban J connectivity index is 1.60. The zero-order valence-corrected chi connectivity index (χ0v) is 12.7. The van der Waals surface area contributed by atoms with Crippen LogP contribution in [0, 0.1) is 5.82 Å². The minimum Gasteiger partial charge on any atom is -0.489 e. The first-order valence-corrected chi connectivity index (χ1v) is 7.55. The summed E-state index contributed by atoms with van der Waals surface area (Å²) in [4.78, 5) is 0. The molecule has 3 aromatic carbocycles. The standard InChI is InChI=1S/C20H18FNO/c21-19-11-4-5-12-20(19)22-14-17-9-6-10-18(13-17)23-15-16-7-2-1-3-8-16/h1-13,22H,14-15H2. The molecular formula is C20H18FNO. The topological polar surface area (TPSA) is 21.3 Å². The molecule has 0 atom stereocenters. The van der Waals surface area contributed by atoms with E-state index in [0.717, 1.165) is 16.9 Å². The van der Waals surface area contributed by atoms with Gasteiger partial charge in [-0.2, -0.15) is 0 Å². The molecule has 0 aliphatic heterocycles. The first-order chi connectivity index (χ1) is 11.3. The van der Waals surface area contributed by atoms with Crippen molar-refractivity contribution in [1.29, 1.82) is 0 Å². The average molecular weight is 307 g/mol. The van der Waals surface area contributed by atoms with Gasteiger partial charge in [-0.1, -0.05) is 54.6 Å². The fourth-order valence-electron chi connectivity index (χ4n) is 2.29. The maximum atomic E-state index is 13.6. The fourth-order valence-corrected chi connectivity index (χ4v) is 2.29. The zero-order valence-electron chi connectivity index (χ0n) is 12.7. The Bertz CT molecular complexity index is 758. The van der Waals surface area contributed by atoms with Crippen LogP contribution in [0.5, 0.6) is 5.75 Å². The molecule has 0 spiro atoms. The quantitative estimate of drug-likeness (QED) is 0.690. The second-order valence-corrected chi connectivity index (χ2v) is 5.26. The van der Waals surface area contributed by atoms with E-state index in [-0.39, 0.29) is 5.82 Å². The molecule has 0 saturated carbocycles. The van der Waals surface area contributed by atoms with Crippen LogP contribution >= 0.6 is 0 Å². The van der Waals surface area contributed by atoms with Gasteiger partial charge in [0, 0.05) is 6.54 Å². The summed E-state index contributed by atoms with van der Waals surface area (Å²) in [6.45, 7) is 1.08. The average Bonchev–Trinajstić information content (AvgIpc) is 2.61. The highest BCUT2D eigenvalue weighted by Gasteiger charge is 2.01. The second-order valence-electron chi connectivity index (χ2n) is 5.26. The molecule has 3 rings (SSSR count). The lowest BCUT2D eigenvalue weighted by Crippen LogP contribution is -2.02. The highest BCUT2D eigenvalue weighted by atomic mass is 19.1. The van der Waals surface area contributed by atoms with E-state index in [1.54, 1.807) is 12.1 Å². The molecule has 0 heterocycles. The number of hydrogen-bond donors (Lipinski definition) is 1. The van der Waals surface area contributed by atoms with Gasteiger partial charge in [0.1, 0.15) is 18.2 Å². The van der Waals surface area contributed by atoms with E-state index < -0.39 is 0 Å². The molecule has 0 amide bonds. The van der Waals surface area contributed by atoms with Crippen LogP contribution in [0.15, 0.2) is 78.9 Å². The maximum absolute atomic E-state index is 13.6. The highest BCUT2D eigenvalue weighted by molar-refractivity contribution is 5.45. The third-order valence-corrected chi connectivity index (χ3v) is 3.50. The van der Waals surface area contributed by atoms with E-state index >= 15 is 0 Å². The number of rotatable bonds is 6. The molecule has 116 valence electrons. The van der Waals surface area contributed by atoms with Crippen LogP contribution in [0.4, 0.5) is 10.1 Å². The van der Waals surface area contributed by atoms with Gasteiger partial charge in [-0.3, -0.25) is 0 Å². The molecule has 0 saturated heterocycles. The zero-order chi connectivity index (χ0) is 15.9. The van der Waals surface area contributed by atoms with E-state index in [4.69, 9.17) is 4.74 Å². The van der Waals surface area contributed by atoms with Crippen molar-refractivity contribution in [1.82, 2.24) is 0 Å². The van der Waals surface area contributed by atoms with Gasteiger partial charge >= 0.3 is 0 Å². The fraction of sp³-hybridized carbons (Fsp3) is 0.100. The highest BCUT2D eigenvalue weighted by Crippen LogP contribution is 2.18. The van der Waals surface area contributed by atoms with Gasteiger partial charge in [0.2, 0.25) is 0 Å². The van der Waals surface area contributed by atoms with E-state index in [0.29, 0.717) is 18.8 Å². The van der Waals surface area contributed by atoms with Crippen molar-refractivity contribution in [2.24, 2.45) is 0 Å². The van der Waals surface area contributed by atoms with Crippen molar-refractivity contribution >= 4 is 5.69 Å². The van der Waals surface area contributed by atoms with Crippen molar-refractivity contribution < 1.29 is 9.13 Å². The molecular weight excluding hydrogens is 289 g/mol. The third-order valence-electron chi connectivity index (χ3n) is 3.50. The SMILES string of the molecule is Fc1ccccc1NCc1cccc(OCc2ccccc2)c1. The third kappa shape index (κ3) is 4.33. The number of para-hydroxylation sites is 1. The smallest absolute Gasteiger partial charge is 0.146 e. The second kappa shape index (κ2) is 7.45. The number of hydrogen-bond acceptors (Lipinski definition) is 2. The number of halogens is 1. The Morgan fingerprint density at radius 1 is 0.783 bits per heavy atom. The van der Waals surface area contributed by atoms with Gasteiger partial charge in [0.15, 0.2) is 0 Å². The molecule has 2 nitrogen and oxygen atoms in total. The lowest BCUT2D eigenvalue weighted by molar-refractivity contribution is 0.306. The number of ether oxygens (including phenoxy) is 1. The number of anilines is 1. The molecule has 23 heavy (non-hydrogen) atoms. The predicted octanol–water partition coefficient (Wildman–Crippen LogP) is 5.02. The number of nitrogens with one attached hydrogen (secondary N) is 1. The Morgan fingerprint density at radius 2 is 1.52 bits per heavy atom. The van der Waals surface area contributed by atoms with Crippen molar-refractivity contribution in [3.05, 3.63) is 95.8 Å². The Kier molecular flexibility index (Phi) is 4.89. The van der Waals surface area contributed by atoms with Crippen LogP contribution in [-0.2, 0) is 13.2 Å². The van der Waals surface area contributed by atoms with Gasteiger partial charge in [-0.25, -0.2) is 4.39 Å². The summed E-state index contributed by atoms with van der Waals surface area (Å²) in [6.07, 6.45) is 0. The van der Waals surface area contributed by atoms with Gasteiger partial charge in [0.05, 0.1) is 5.69 Å². The Labute approximate surface area is 135 Å². The maximum Gasteiger partial charge on any atom is 0.146 e. The van der Waals surface area contributed by atoms with Crippen LogP contribution in [0.3, 0.4) is 0 Å². The Morgan fingerprint density at radius 3 is 2.35 bits per heavy atom.